The molecular weight excluding hydrogens is 391 g/mol. The van der Waals surface area contributed by atoms with Crippen LogP contribution in [0.5, 0.6) is 5.75 Å². The van der Waals surface area contributed by atoms with Crippen molar-refractivity contribution in [1.82, 2.24) is 5.32 Å². The van der Waals surface area contributed by atoms with E-state index >= 15 is 4.39 Å². The van der Waals surface area contributed by atoms with Crippen LogP contribution in [0.4, 0.5) is 4.39 Å². The molecule has 158 valence electrons. The second-order valence-corrected chi connectivity index (χ2v) is 7.23. The molecule has 3 aromatic rings. The normalized spacial score (nSPS) is 12.2. The molecule has 0 aliphatic rings. The van der Waals surface area contributed by atoms with Gasteiger partial charge in [-0.1, -0.05) is 54.1 Å². The maximum Gasteiger partial charge on any atom is 0.128 e. The van der Waals surface area contributed by atoms with E-state index in [0.717, 1.165) is 34.3 Å². The summed E-state index contributed by atoms with van der Waals surface area (Å²) in [6.45, 7) is 1.78. The third-order valence-corrected chi connectivity index (χ3v) is 4.94. The molecule has 3 rings (SSSR count). The predicted molar refractivity (Wildman–Crippen MR) is 122 cm³/mol. The lowest BCUT2D eigenvalue weighted by molar-refractivity contribution is -0.107. The average molecular weight is 416 g/mol. The van der Waals surface area contributed by atoms with Crippen LogP contribution in [-0.2, 0) is 4.79 Å². The fraction of sp³-hybridized carbons (Fsp3) is 0.154. The Hall–Kier alpha value is -3.73. The highest BCUT2D eigenvalue weighted by Gasteiger charge is 2.19. The number of methoxy groups -OCH3 is 1. The monoisotopic (exact) mass is 416 g/mol. The van der Waals surface area contributed by atoms with Crippen LogP contribution < -0.4 is 10.1 Å². The third-order valence-electron chi connectivity index (χ3n) is 4.94. The van der Waals surface area contributed by atoms with Gasteiger partial charge in [0.15, 0.2) is 0 Å². The van der Waals surface area contributed by atoms with E-state index in [4.69, 9.17) is 10.1 Å². The van der Waals surface area contributed by atoms with Crippen LogP contribution in [-0.4, -0.2) is 19.2 Å². The number of hydrogen-bond donors (Lipinski definition) is 2. The minimum absolute atomic E-state index is 0.111. The number of aldehydes is 1. The molecule has 0 radical (unpaired) electrons. The molecule has 0 bridgehead atoms. The number of ether oxygens (including phenoxy) is 1. The summed E-state index contributed by atoms with van der Waals surface area (Å²) in [5.41, 5.74) is 3.76. The minimum Gasteiger partial charge on any atom is -0.497 e. The summed E-state index contributed by atoms with van der Waals surface area (Å²) in [4.78, 5) is 10.7. The molecule has 0 aliphatic heterocycles. The van der Waals surface area contributed by atoms with E-state index in [1.807, 2.05) is 54.6 Å². The Balaban J connectivity index is 2.03. The second-order valence-electron chi connectivity index (χ2n) is 7.23. The molecule has 0 saturated heterocycles. The van der Waals surface area contributed by atoms with Crippen LogP contribution >= 0.6 is 0 Å². The number of allylic oxidation sites excluding steroid dienone is 1. The number of carbonyl (C=O) groups is 1. The van der Waals surface area contributed by atoms with E-state index in [0.29, 0.717) is 5.56 Å². The first-order valence-electron chi connectivity index (χ1n) is 9.96. The molecule has 0 spiro atoms. The number of amidine groups is 1. The number of benzene rings is 3. The van der Waals surface area contributed by atoms with Gasteiger partial charge in [0, 0.05) is 12.0 Å². The SMILES string of the molecule is COc1cccc(-c2ccc(F)c(C(NC(=N)/C=C(\C)CC=O)c3ccccc3)c2)c1. The molecule has 0 amide bonds. The summed E-state index contributed by atoms with van der Waals surface area (Å²) in [7, 11) is 1.61. The fourth-order valence-electron chi connectivity index (χ4n) is 3.37. The van der Waals surface area contributed by atoms with E-state index in [2.05, 4.69) is 5.32 Å². The van der Waals surface area contributed by atoms with Crippen LogP contribution in [0, 0.1) is 11.2 Å². The lowest BCUT2D eigenvalue weighted by Crippen LogP contribution is -2.28. The number of halogens is 1. The molecule has 0 aromatic heterocycles. The highest BCUT2D eigenvalue weighted by atomic mass is 19.1. The van der Waals surface area contributed by atoms with Crippen LogP contribution in [0.2, 0.25) is 0 Å². The Labute approximate surface area is 181 Å². The van der Waals surface area contributed by atoms with Crippen molar-refractivity contribution in [3.05, 3.63) is 101 Å². The number of nitrogens with one attached hydrogen (secondary N) is 2. The lowest BCUT2D eigenvalue weighted by atomic mass is 9.94. The number of carbonyl (C=O) groups excluding carboxylic acids is 1. The largest absolute Gasteiger partial charge is 0.497 e. The fourth-order valence-corrected chi connectivity index (χ4v) is 3.37. The molecule has 3 aromatic carbocycles. The Morgan fingerprint density at radius 2 is 1.81 bits per heavy atom. The van der Waals surface area contributed by atoms with Crippen molar-refractivity contribution in [2.75, 3.05) is 7.11 Å². The third kappa shape index (κ3) is 5.66. The van der Waals surface area contributed by atoms with E-state index in [1.165, 1.54) is 6.07 Å². The molecule has 0 saturated carbocycles. The Kier molecular flexibility index (Phi) is 7.33. The van der Waals surface area contributed by atoms with Gasteiger partial charge in [-0.3, -0.25) is 5.41 Å². The van der Waals surface area contributed by atoms with Gasteiger partial charge in [0.25, 0.3) is 0 Å². The first kappa shape index (κ1) is 22.0. The van der Waals surface area contributed by atoms with Gasteiger partial charge in [0.05, 0.1) is 13.2 Å². The first-order valence-corrected chi connectivity index (χ1v) is 9.96. The van der Waals surface area contributed by atoms with Crippen molar-refractivity contribution in [2.45, 2.75) is 19.4 Å². The van der Waals surface area contributed by atoms with Crippen molar-refractivity contribution >= 4 is 12.1 Å². The average Bonchev–Trinajstić information content (AvgIpc) is 2.79. The van der Waals surface area contributed by atoms with Crippen LogP contribution in [0.1, 0.15) is 30.5 Å². The maximum atomic E-state index is 15.0. The molecule has 0 heterocycles. The predicted octanol–water partition coefficient (Wildman–Crippen LogP) is 5.69. The standard InChI is InChI=1S/C26H25FN2O2/c1-18(13-14-30)15-25(28)29-26(19-7-4-3-5-8-19)23-17-21(11-12-24(23)27)20-9-6-10-22(16-20)31-2/h3-12,14-17,26H,13H2,1-2H3,(H2,28,29)/b18-15+. The van der Waals surface area contributed by atoms with Gasteiger partial charge >= 0.3 is 0 Å². The van der Waals surface area contributed by atoms with Gasteiger partial charge in [-0.2, -0.15) is 0 Å². The summed E-state index contributed by atoms with van der Waals surface area (Å²) >= 11 is 0. The van der Waals surface area contributed by atoms with Gasteiger partial charge in [-0.25, -0.2) is 4.39 Å². The minimum atomic E-state index is -0.570. The lowest BCUT2D eigenvalue weighted by Gasteiger charge is -2.22. The maximum absolute atomic E-state index is 15.0. The van der Waals surface area contributed by atoms with E-state index < -0.39 is 6.04 Å². The number of rotatable bonds is 8. The van der Waals surface area contributed by atoms with Crippen molar-refractivity contribution < 1.29 is 13.9 Å². The van der Waals surface area contributed by atoms with E-state index in [-0.39, 0.29) is 18.1 Å². The molecule has 0 aliphatic carbocycles. The van der Waals surface area contributed by atoms with Crippen molar-refractivity contribution in [3.63, 3.8) is 0 Å². The highest BCUT2D eigenvalue weighted by Crippen LogP contribution is 2.31. The Bertz CT molecular complexity index is 1090. The topological polar surface area (TPSA) is 62.2 Å². The summed E-state index contributed by atoms with van der Waals surface area (Å²) in [6.07, 6.45) is 2.64. The zero-order valence-corrected chi connectivity index (χ0v) is 17.6. The molecule has 1 atom stereocenters. The molecular formula is C26H25FN2O2. The van der Waals surface area contributed by atoms with E-state index in [1.54, 1.807) is 32.2 Å². The summed E-state index contributed by atoms with van der Waals surface area (Å²) in [6, 6.07) is 21.4. The Morgan fingerprint density at radius 1 is 1.06 bits per heavy atom. The molecule has 2 N–H and O–H groups in total. The molecule has 31 heavy (non-hydrogen) atoms. The zero-order valence-electron chi connectivity index (χ0n) is 17.6. The summed E-state index contributed by atoms with van der Waals surface area (Å²) in [5.74, 6) is 0.465. The van der Waals surface area contributed by atoms with Crippen LogP contribution in [0.25, 0.3) is 11.1 Å². The van der Waals surface area contributed by atoms with E-state index in [9.17, 15) is 4.79 Å². The highest BCUT2D eigenvalue weighted by molar-refractivity contribution is 5.91. The molecule has 5 heteroatoms. The summed E-state index contributed by atoms with van der Waals surface area (Å²) in [5, 5.41) is 11.4. The van der Waals surface area contributed by atoms with Gasteiger partial charge in [-0.05, 0) is 54.0 Å². The van der Waals surface area contributed by atoms with Crippen LogP contribution in [0.3, 0.4) is 0 Å². The quantitative estimate of drug-likeness (QED) is 0.282. The van der Waals surface area contributed by atoms with Gasteiger partial charge < -0.3 is 14.8 Å². The molecule has 1 unspecified atom stereocenters. The first-order chi connectivity index (χ1) is 15.0. The molecule has 4 nitrogen and oxygen atoms in total. The summed E-state index contributed by atoms with van der Waals surface area (Å²) < 4.78 is 20.3. The van der Waals surface area contributed by atoms with Crippen LogP contribution in [0.15, 0.2) is 84.4 Å². The van der Waals surface area contributed by atoms with Gasteiger partial charge in [0.1, 0.15) is 23.7 Å². The smallest absolute Gasteiger partial charge is 0.128 e. The zero-order chi connectivity index (χ0) is 22.2. The Morgan fingerprint density at radius 3 is 2.52 bits per heavy atom. The van der Waals surface area contributed by atoms with Crippen molar-refractivity contribution in [2.24, 2.45) is 0 Å². The number of hydrogen-bond acceptors (Lipinski definition) is 3. The van der Waals surface area contributed by atoms with Gasteiger partial charge in [0.2, 0.25) is 0 Å². The van der Waals surface area contributed by atoms with Crippen molar-refractivity contribution in [1.29, 1.82) is 5.41 Å². The second kappa shape index (κ2) is 10.3. The molecule has 0 fully saturated rings. The van der Waals surface area contributed by atoms with Crippen molar-refractivity contribution in [3.8, 4) is 16.9 Å². The van der Waals surface area contributed by atoms with Gasteiger partial charge in [-0.15, -0.1) is 0 Å².